The highest BCUT2D eigenvalue weighted by atomic mass is 16.5. The summed E-state index contributed by atoms with van der Waals surface area (Å²) < 4.78 is 5.42. The number of nitrogen functional groups attached to an aromatic ring is 1. The first-order chi connectivity index (χ1) is 12.5. The highest BCUT2D eigenvalue weighted by Crippen LogP contribution is 2.21. The van der Waals surface area contributed by atoms with Crippen LogP contribution in [0.1, 0.15) is 38.9 Å². The van der Waals surface area contributed by atoms with Crippen LogP contribution in [0.4, 0.5) is 5.82 Å². The number of nitrogens with zero attached hydrogens (tertiary/aromatic N) is 3. The van der Waals surface area contributed by atoms with Gasteiger partial charge >= 0.3 is 5.97 Å². The van der Waals surface area contributed by atoms with Gasteiger partial charge in [-0.05, 0) is 31.4 Å². The van der Waals surface area contributed by atoms with Gasteiger partial charge in [0, 0.05) is 17.8 Å². The van der Waals surface area contributed by atoms with E-state index in [9.17, 15) is 9.59 Å². The Morgan fingerprint density at radius 1 is 1.27 bits per heavy atom. The second kappa shape index (κ2) is 7.68. The molecule has 7 nitrogen and oxygen atoms in total. The van der Waals surface area contributed by atoms with Gasteiger partial charge in [0.05, 0.1) is 5.52 Å². The van der Waals surface area contributed by atoms with Crippen LogP contribution in [-0.4, -0.2) is 39.3 Å². The van der Waals surface area contributed by atoms with Crippen molar-refractivity contribution in [1.29, 1.82) is 0 Å². The minimum absolute atomic E-state index is 0.0159. The first kappa shape index (κ1) is 18.1. The maximum absolute atomic E-state index is 12.6. The number of carbonyl (C=O) groups is 2. The van der Waals surface area contributed by atoms with Crippen LogP contribution in [0.15, 0.2) is 24.3 Å². The fourth-order valence-electron chi connectivity index (χ4n) is 3.22. The van der Waals surface area contributed by atoms with Crippen LogP contribution in [-0.2, 0) is 20.9 Å². The lowest BCUT2D eigenvalue weighted by Crippen LogP contribution is -2.50. The average Bonchev–Trinajstić information content (AvgIpc) is 2.65. The number of amides is 1. The summed E-state index contributed by atoms with van der Waals surface area (Å²) >= 11 is 0. The first-order valence-corrected chi connectivity index (χ1v) is 8.95. The molecule has 1 aromatic heterocycles. The summed E-state index contributed by atoms with van der Waals surface area (Å²) in [7, 11) is 0. The number of piperidine rings is 1. The third-order valence-electron chi connectivity index (χ3n) is 4.57. The minimum atomic E-state index is -0.531. The Morgan fingerprint density at radius 2 is 2.04 bits per heavy atom. The Morgan fingerprint density at radius 3 is 2.81 bits per heavy atom. The standard InChI is InChI=1S/C19H24N4O3/c1-12(2)18(24)23-10-6-5-9-15(23)19(25)26-11-16-21-14-8-4-3-7-13(14)17(20)22-16/h3-4,7-8,12,15H,5-6,9-11H2,1-2H3,(H2,20,21,22)/t15-/m0/s1. The number of hydrogen-bond donors (Lipinski definition) is 1. The molecule has 2 aromatic rings. The van der Waals surface area contributed by atoms with Crippen molar-refractivity contribution < 1.29 is 14.3 Å². The van der Waals surface area contributed by atoms with E-state index in [1.165, 1.54) is 0 Å². The molecule has 0 spiro atoms. The molecule has 0 radical (unpaired) electrons. The summed E-state index contributed by atoms with van der Waals surface area (Å²) in [4.78, 5) is 35.2. The van der Waals surface area contributed by atoms with Crippen molar-refractivity contribution in [2.24, 2.45) is 5.92 Å². The van der Waals surface area contributed by atoms with E-state index in [2.05, 4.69) is 9.97 Å². The SMILES string of the molecule is CC(C)C(=O)N1CCCC[C@H]1C(=O)OCc1nc(N)c2ccccc2n1. The molecule has 0 unspecified atom stereocenters. The van der Waals surface area contributed by atoms with Gasteiger partial charge in [-0.2, -0.15) is 0 Å². The zero-order chi connectivity index (χ0) is 18.7. The van der Waals surface area contributed by atoms with Gasteiger partial charge < -0.3 is 15.4 Å². The zero-order valence-electron chi connectivity index (χ0n) is 15.1. The van der Waals surface area contributed by atoms with Gasteiger partial charge in [-0.15, -0.1) is 0 Å². The third-order valence-corrected chi connectivity index (χ3v) is 4.57. The van der Waals surface area contributed by atoms with Crippen molar-refractivity contribution in [3.05, 3.63) is 30.1 Å². The lowest BCUT2D eigenvalue weighted by molar-refractivity contribution is -0.159. The Hall–Kier alpha value is -2.70. The second-order valence-electron chi connectivity index (χ2n) is 6.85. The Bertz CT molecular complexity index is 822. The van der Waals surface area contributed by atoms with Crippen LogP contribution in [0.5, 0.6) is 0 Å². The summed E-state index contributed by atoms with van der Waals surface area (Å²) in [5.74, 6) is 0.141. The molecule has 2 heterocycles. The number of fused-ring (bicyclic) bond motifs is 1. The molecule has 7 heteroatoms. The predicted molar refractivity (Wildman–Crippen MR) is 97.9 cm³/mol. The van der Waals surface area contributed by atoms with Gasteiger partial charge in [0.25, 0.3) is 0 Å². The van der Waals surface area contributed by atoms with Crippen LogP contribution < -0.4 is 5.73 Å². The molecule has 1 atom stereocenters. The summed E-state index contributed by atoms with van der Waals surface area (Å²) in [6.07, 6.45) is 2.44. The lowest BCUT2D eigenvalue weighted by atomic mass is 10.00. The molecule has 138 valence electrons. The number of likely N-dealkylation sites (tertiary alicyclic amines) is 1. The second-order valence-corrected chi connectivity index (χ2v) is 6.85. The van der Waals surface area contributed by atoms with E-state index in [0.29, 0.717) is 30.1 Å². The maximum Gasteiger partial charge on any atom is 0.329 e. The van der Waals surface area contributed by atoms with Crippen molar-refractivity contribution in [2.45, 2.75) is 45.8 Å². The third kappa shape index (κ3) is 3.76. The first-order valence-electron chi connectivity index (χ1n) is 8.95. The van der Waals surface area contributed by atoms with Crippen molar-refractivity contribution in [2.75, 3.05) is 12.3 Å². The van der Waals surface area contributed by atoms with Crippen LogP contribution >= 0.6 is 0 Å². The van der Waals surface area contributed by atoms with Gasteiger partial charge in [0.1, 0.15) is 11.9 Å². The number of benzene rings is 1. The van der Waals surface area contributed by atoms with Gasteiger partial charge in [-0.3, -0.25) is 4.79 Å². The number of esters is 1. The Balaban J connectivity index is 1.70. The van der Waals surface area contributed by atoms with E-state index in [1.54, 1.807) is 4.90 Å². The number of ether oxygens (including phenoxy) is 1. The van der Waals surface area contributed by atoms with Crippen LogP contribution in [0.25, 0.3) is 10.9 Å². The molecule has 0 aliphatic carbocycles. The average molecular weight is 356 g/mol. The molecule has 2 N–H and O–H groups in total. The molecule has 1 fully saturated rings. The van der Waals surface area contributed by atoms with Crippen molar-refractivity contribution in [1.82, 2.24) is 14.9 Å². The number of rotatable bonds is 4. The summed E-state index contributed by atoms with van der Waals surface area (Å²) in [6, 6.07) is 6.88. The highest BCUT2D eigenvalue weighted by Gasteiger charge is 2.34. The number of para-hydroxylation sites is 1. The molecule has 1 aliphatic heterocycles. The molecule has 3 rings (SSSR count). The zero-order valence-corrected chi connectivity index (χ0v) is 15.1. The fourth-order valence-corrected chi connectivity index (χ4v) is 3.22. The van der Waals surface area contributed by atoms with Gasteiger partial charge in [0.2, 0.25) is 5.91 Å². The van der Waals surface area contributed by atoms with Crippen LogP contribution in [0, 0.1) is 5.92 Å². The van der Waals surface area contributed by atoms with Crippen LogP contribution in [0.3, 0.4) is 0 Å². The fraction of sp³-hybridized carbons (Fsp3) is 0.474. The van der Waals surface area contributed by atoms with Crippen molar-refractivity contribution in [3.8, 4) is 0 Å². The molecule has 0 saturated carbocycles. The molecular formula is C19H24N4O3. The highest BCUT2D eigenvalue weighted by molar-refractivity contribution is 5.88. The molecule has 1 aliphatic rings. The summed E-state index contributed by atoms with van der Waals surface area (Å²) in [5.41, 5.74) is 6.67. The quantitative estimate of drug-likeness (QED) is 0.844. The monoisotopic (exact) mass is 356 g/mol. The number of nitrogens with two attached hydrogens (primary N) is 1. The minimum Gasteiger partial charge on any atom is -0.456 e. The molecule has 1 saturated heterocycles. The van der Waals surface area contributed by atoms with Gasteiger partial charge in [-0.25, -0.2) is 14.8 Å². The van der Waals surface area contributed by atoms with Crippen molar-refractivity contribution in [3.63, 3.8) is 0 Å². The van der Waals surface area contributed by atoms with Gasteiger partial charge in [0.15, 0.2) is 12.4 Å². The molecule has 0 bridgehead atoms. The number of hydrogen-bond acceptors (Lipinski definition) is 6. The van der Waals surface area contributed by atoms with Crippen molar-refractivity contribution >= 4 is 28.6 Å². The van der Waals surface area contributed by atoms with E-state index >= 15 is 0 Å². The van der Waals surface area contributed by atoms with Crippen LogP contribution in [0.2, 0.25) is 0 Å². The largest absolute Gasteiger partial charge is 0.456 e. The van der Waals surface area contributed by atoms with E-state index in [-0.39, 0.29) is 18.4 Å². The van der Waals surface area contributed by atoms with E-state index in [4.69, 9.17) is 10.5 Å². The molecule has 1 amide bonds. The summed E-state index contributed by atoms with van der Waals surface area (Å²) in [5, 5.41) is 0.767. The smallest absolute Gasteiger partial charge is 0.329 e. The maximum atomic E-state index is 12.6. The van der Waals surface area contributed by atoms with E-state index < -0.39 is 12.0 Å². The summed E-state index contributed by atoms with van der Waals surface area (Å²) in [6.45, 7) is 4.21. The molecule has 1 aromatic carbocycles. The number of anilines is 1. The number of aromatic nitrogens is 2. The Kier molecular flexibility index (Phi) is 5.35. The normalized spacial score (nSPS) is 17.5. The lowest BCUT2D eigenvalue weighted by Gasteiger charge is -2.35. The molecular weight excluding hydrogens is 332 g/mol. The Labute approximate surface area is 152 Å². The molecule has 26 heavy (non-hydrogen) atoms. The number of carbonyl (C=O) groups excluding carboxylic acids is 2. The topological polar surface area (TPSA) is 98.4 Å². The van der Waals surface area contributed by atoms with Gasteiger partial charge in [-0.1, -0.05) is 26.0 Å². The van der Waals surface area contributed by atoms with E-state index in [1.807, 2.05) is 38.1 Å². The predicted octanol–water partition coefficient (Wildman–Crippen LogP) is 2.29. The van der Waals surface area contributed by atoms with E-state index in [0.717, 1.165) is 18.2 Å².